The Morgan fingerprint density at radius 2 is 1.91 bits per heavy atom. The summed E-state index contributed by atoms with van der Waals surface area (Å²) in [7, 11) is 1.81. The molecule has 7 nitrogen and oxygen atoms in total. The van der Waals surface area contributed by atoms with Gasteiger partial charge in [-0.05, 0) is 72.5 Å². The van der Waals surface area contributed by atoms with Crippen LogP contribution in [0.15, 0.2) is 54.9 Å². The van der Waals surface area contributed by atoms with Gasteiger partial charge in [-0.3, -0.25) is 9.69 Å². The van der Waals surface area contributed by atoms with E-state index in [9.17, 15) is 9.18 Å². The number of aryl methyl sites for hydroxylation is 2. The molecule has 0 bridgehead atoms. The molecular weight excluding hydrogens is 443 g/mol. The second kappa shape index (κ2) is 9.38. The lowest BCUT2D eigenvalue weighted by Gasteiger charge is -2.17. The summed E-state index contributed by atoms with van der Waals surface area (Å²) in [6.07, 6.45) is 2.64. The van der Waals surface area contributed by atoms with Crippen LogP contribution >= 0.6 is 0 Å². The molecule has 1 amide bonds. The maximum Gasteiger partial charge on any atom is 0.260 e. The van der Waals surface area contributed by atoms with E-state index in [-0.39, 0.29) is 11.7 Å². The first-order chi connectivity index (χ1) is 16.9. The third-order valence-corrected chi connectivity index (χ3v) is 6.19. The molecular formula is C27H27FN6O. The monoisotopic (exact) mass is 470 g/mol. The van der Waals surface area contributed by atoms with Crippen molar-refractivity contribution in [3.8, 4) is 22.5 Å². The van der Waals surface area contributed by atoms with Crippen molar-refractivity contribution in [3.05, 3.63) is 83.1 Å². The number of rotatable bonds is 7. The van der Waals surface area contributed by atoms with Gasteiger partial charge in [-0.2, -0.15) is 0 Å². The number of amides is 1. The Kier molecular flexibility index (Phi) is 6.13. The van der Waals surface area contributed by atoms with Crippen LogP contribution < -0.4 is 10.2 Å². The standard InChI is InChI=1S/C27H27FN6O/c1-4-9-29-14-18-10-17(2)31-25(11-18)34-15-20-6-5-19(12-23(20)27(34)35)22-8-7-21(28)13-24(22)26-32-30-16-33(26)3/h5-8,10-13,16,29H,4,9,14-15H2,1-3H3. The molecule has 0 saturated heterocycles. The van der Waals surface area contributed by atoms with Gasteiger partial charge in [-0.1, -0.05) is 25.1 Å². The van der Waals surface area contributed by atoms with Crippen molar-refractivity contribution in [2.24, 2.45) is 7.05 Å². The Balaban J connectivity index is 1.49. The molecule has 0 saturated carbocycles. The van der Waals surface area contributed by atoms with Gasteiger partial charge < -0.3 is 9.88 Å². The molecule has 1 aliphatic heterocycles. The number of pyridine rings is 1. The van der Waals surface area contributed by atoms with Gasteiger partial charge in [0.2, 0.25) is 0 Å². The molecule has 3 heterocycles. The molecule has 0 unspecified atom stereocenters. The molecule has 0 spiro atoms. The van der Waals surface area contributed by atoms with E-state index in [0.29, 0.717) is 29.3 Å². The summed E-state index contributed by atoms with van der Waals surface area (Å²) in [5.74, 6) is 0.767. The SMILES string of the molecule is CCCNCc1cc(C)nc(N2Cc3ccc(-c4ccc(F)cc4-c4nncn4C)cc3C2=O)c1. The summed E-state index contributed by atoms with van der Waals surface area (Å²) in [4.78, 5) is 19.8. The predicted octanol–water partition coefficient (Wildman–Crippen LogP) is 4.65. The Morgan fingerprint density at radius 1 is 1.06 bits per heavy atom. The van der Waals surface area contributed by atoms with Crippen LogP contribution in [0.3, 0.4) is 0 Å². The van der Waals surface area contributed by atoms with Crippen LogP contribution in [0.1, 0.15) is 40.5 Å². The van der Waals surface area contributed by atoms with Crippen LogP contribution in [0.25, 0.3) is 22.5 Å². The Morgan fingerprint density at radius 3 is 2.69 bits per heavy atom. The van der Waals surface area contributed by atoms with Crippen molar-refractivity contribution < 1.29 is 9.18 Å². The predicted molar refractivity (Wildman–Crippen MR) is 133 cm³/mol. The number of carbonyl (C=O) groups is 1. The third kappa shape index (κ3) is 4.44. The lowest BCUT2D eigenvalue weighted by molar-refractivity contribution is 0.0996. The lowest BCUT2D eigenvalue weighted by atomic mass is 9.96. The molecule has 1 N–H and O–H groups in total. The van der Waals surface area contributed by atoms with Crippen molar-refractivity contribution in [2.75, 3.05) is 11.4 Å². The van der Waals surface area contributed by atoms with Crippen molar-refractivity contribution in [2.45, 2.75) is 33.4 Å². The topological polar surface area (TPSA) is 75.9 Å². The zero-order valence-corrected chi connectivity index (χ0v) is 20.0. The van der Waals surface area contributed by atoms with Gasteiger partial charge in [0.15, 0.2) is 5.82 Å². The van der Waals surface area contributed by atoms with Gasteiger partial charge in [0.05, 0.1) is 6.54 Å². The third-order valence-electron chi connectivity index (χ3n) is 6.19. The maximum atomic E-state index is 14.1. The highest BCUT2D eigenvalue weighted by Crippen LogP contribution is 2.35. The second-order valence-electron chi connectivity index (χ2n) is 8.87. The molecule has 0 aliphatic carbocycles. The number of anilines is 1. The molecule has 5 rings (SSSR count). The number of hydrogen-bond acceptors (Lipinski definition) is 5. The molecule has 2 aromatic carbocycles. The van der Waals surface area contributed by atoms with Crippen LogP contribution in [0.2, 0.25) is 0 Å². The number of hydrogen-bond donors (Lipinski definition) is 1. The Labute approximate surface area is 203 Å². The first kappa shape index (κ1) is 22.9. The summed E-state index contributed by atoms with van der Waals surface area (Å²) in [6.45, 7) is 6.21. The number of aromatic nitrogens is 4. The molecule has 35 heavy (non-hydrogen) atoms. The fourth-order valence-corrected chi connectivity index (χ4v) is 4.50. The van der Waals surface area contributed by atoms with E-state index in [0.717, 1.165) is 47.5 Å². The molecule has 2 aromatic heterocycles. The molecule has 0 atom stereocenters. The molecule has 8 heteroatoms. The zero-order chi connectivity index (χ0) is 24.5. The van der Waals surface area contributed by atoms with Crippen LogP contribution in [0, 0.1) is 12.7 Å². The van der Waals surface area contributed by atoms with Gasteiger partial charge in [0.25, 0.3) is 5.91 Å². The van der Waals surface area contributed by atoms with Gasteiger partial charge in [-0.15, -0.1) is 10.2 Å². The molecule has 178 valence electrons. The summed E-state index contributed by atoms with van der Waals surface area (Å²) in [5.41, 5.74) is 5.77. The molecule has 0 fully saturated rings. The van der Waals surface area contributed by atoms with Crippen molar-refractivity contribution in [1.29, 1.82) is 0 Å². The van der Waals surface area contributed by atoms with E-state index in [4.69, 9.17) is 0 Å². The number of nitrogens with zero attached hydrogens (tertiary/aromatic N) is 5. The van der Waals surface area contributed by atoms with Gasteiger partial charge in [-0.25, -0.2) is 9.37 Å². The number of carbonyl (C=O) groups excluding carboxylic acids is 1. The van der Waals surface area contributed by atoms with E-state index in [2.05, 4.69) is 27.4 Å². The van der Waals surface area contributed by atoms with Crippen LogP contribution in [-0.2, 0) is 20.1 Å². The highest BCUT2D eigenvalue weighted by Gasteiger charge is 2.30. The summed E-state index contributed by atoms with van der Waals surface area (Å²) < 4.78 is 15.9. The quantitative estimate of drug-likeness (QED) is 0.398. The van der Waals surface area contributed by atoms with Crippen molar-refractivity contribution in [3.63, 3.8) is 0 Å². The van der Waals surface area contributed by atoms with E-state index in [1.54, 1.807) is 21.9 Å². The number of fused-ring (bicyclic) bond motifs is 1. The minimum absolute atomic E-state index is 0.0882. The van der Waals surface area contributed by atoms with E-state index in [1.165, 1.54) is 12.1 Å². The molecule has 0 radical (unpaired) electrons. The summed E-state index contributed by atoms with van der Waals surface area (Å²) in [5, 5.41) is 11.5. The number of nitrogens with one attached hydrogen (secondary N) is 1. The van der Waals surface area contributed by atoms with E-state index >= 15 is 0 Å². The largest absolute Gasteiger partial charge is 0.317 e. The number of halogens is 1. The van der Waals surface area contributed by atoms with Gasteiger partial charge in [0, 0.05) is 30.4 Å². The highest BCUT2D eigenvalue weighted by molar-refractivity contribution is 6.10. The maximum absolute atomic E-state index is 14.1. The number of benzene rings is 2. The van der Waals surface area contributed by atoms with E-state index < -0.39 is 0 Å². The minimum Gasteiger partial charge on any atom is -0.317 e. The van der Waals surface area contributed by atoms with Crippen molar-refractivity contribution in [1.82, 2.24) is 25.1 Å². The fourth-order valence-electron chi connectivity index (χ4n) is 4.50. The first-order valence-corrected chi connectivity index (χ1v) is 11.7. The van der Waals surface area contributed by atoms with Crippen LogP contribution in [0.4, 0.5) is 10.2 Å². The smallest absolute Gasteiger partial charge is 0.260 e. The average molecular weight is 471 g/mol. The van der Waals surface area contributed by atoms with Crippen molar-refractivity contribution >= 4 is 11.7 Å². The second-order valence-corrected chi connectivity index (χ2v) is 8.87. The minimum atomic E-state index is -0.357. The first-order valence-electron chi connectivity index (χ1n) is 11.7. The van der Waals surface area contributed by atoms with Crippen LogP contribution in [-0.4, -0.2) is 32.2 Å². The lowest BCUT2D eigenvalue weighted by Crippen LogP contribution is -2.25. The highest BCUT2D eigenvalue weighted by atomic mass is 19.1. The average Bonchev–Trinajstić information content (AvgIpc) is 3.41. The summed E-state index contributed by atoms with van der Waals surface area (Å²) >= 11 is 0. The zero-order valence-electron chi connectivity index (χ0n) is 20.0. The van der Waals surface area contributed by atoms with E-state index in [1.807, 2.05) is 44.3 Å². The Bertz CT molecular complexity index is 1410. The summed E-state index contributed by atoms with van der Waals surface area (Å²) in [6, 6.07) is 14.4. The Hall–Kier alpha value is -3.91. The molecule has 1 aliphatic rings. The van der Waals surface area contributed by atoms with Gasteiger partial charge >= 0.3 is 0 Å². The normalized spacial score (nSPS) is 12.9. The fraction of sp³-hybridized carbons (Fsp3) is 0.259. The molecule has 4 aromatic rings. The van der Waals surface area contributed by atoms with Crippen LogP contribution in [0.5, 0.6) is 0 Å². The van der Waals surface area contributed by atoms with Gasteiger partial charge in [0.1, 0.15) is 18.0 Å².